The van der Waals surface area contributed by atoms with E-state index in [1.54, 1.807) is 0 Å². The molecule has 0 atom stereocenters. The zero-order chi connectivity index (χ0) is 26.3. The predicted molar refractivity (Wildman–Crippen MR) is 171 cm³/mol. The van der Waals surface area contributed by atoms with Crippen LogP contribution in [0.1, 0.15) is 11.1 Å². The van der Waals surface area contributed by atoms with Crippen LogP contribution in [0, 0.1) is 13.8 Å². The Bertz CT molecular complexity index is 1900. The third-order valence-electron chi connectivity index (χ3n) is 8.31. The van der Waals surface area contributed by atoms with E-state index in [4.69, 9.17) is 0 Å². The summed E-state index contributed by atoms with van der Waals surface area (Å²) in [6.07, 6.45) is 0. The number of benzene rings is 7. The van der Waals surface area contributed by atoms with Gasteiger partial charge in [-0.15, -0.1) is 0 Å². The highest BCUT2D eigenvalue weighted by molar-refractivity contribution is 7.00. The van der Waals surface area contributed by atoms with Gasteiger partial charge in [0.25, 0.3) is 0 Å². The van der Waals surface area contributed by atoms with Gasteiger partial charge in [0.2, 0.25) is 6.71 Å². The molecule has 0 N–H and O–H groups in total. The van der Waals surface area contributed by atoms with E-state index in [0.29, 0.717) is 0 Å². The molecule has 0 heterocycles. The second-order valence-electron chi connectivity index (χ2n) is 10.6. The first kappa shape index (κ1) is 23.5. The molecule has 0 saturated heterocycles. The maximum absolute atomic E-state index is 2.39. The Balaban J connectivity index is 1.63. The van der Waals surface area contributed by atoms with E-state index in [9.17, 15) is 0 Å². The molecule has 0 aliphatic heterocycles. The van der Waals surface area contributed by atoms with Crippen molar-refractivity contribution >= 4 is 55.4 Å². The van der Waals surface area contributed by atoms with E-state index >= 15 is 0 Å². The molecule has 0 bridgehead atoms. The summed E-state index contributed by atoms with van der Waals surface area (Å²) in [5.41, 5.74) is 9.31. The molecule has 0 nitrogen and oxygen atoms in total. The first-order valence-corrected chi connectivity index (χ1v) is 13.7. The van der Waals surface area contributed by atoms with E-state index < -0.39 is 0 Å². The van der Waals surface area contributed by atoms with Gasteiger partial charge in [-0.05, 0) is 57.3 Å². The second kappa shape index (κ2) is 9.60. The molecular formula is C38H29B. The van der Waals surface area contributed by atoms with Crippen LogP contribution < -0.4 is 16.4 Å². The summed E-state index contributed by atoms with van der Waals surface area (Å²) in [7, 11) is 0. The van der Waals surface area contributed by atoms with Gasteiger partial charge in [-0.2, -0.15) is 0 Å². The van der Waals surface area contributed by atoms with Gasteiger partial charge in [0, 0.05) is 0 Å². The second-order valence-corrected chi connectivity index (χ2v) is 10.6. The molecule has 0 aliphatic carbocycles. The van der Waals surface area contributed by atoms with Gasteiger partial charge in [-0.25, -0.2) is 0 Å². The number of aryl methyl sites for hydroxylation is 2. The Morgan fingerprint density at radius 3 is 1.46 bits per heavy atom. The van der Waals surface area contributed by atoms with Gasteiger partial charge in [0.1, 0.15) is 0 Å². The monoisotopic (exact) mass is 496 g/mol. The Hall–Kier alpha value is -4.62. The van der Waals surface area contributed by atoms with Crippen molar-refractivity contribution in [3.8, 4) is 11.1 Å². The topological polar surface area (TPSA) is 0 Å². The van der Waals surface area contributed by atoms with Crippen LogP contribution in [0.5, 0.6) is 0 Å². The molecular weight excluding hydrogens is 467 g/mol. The molecule has 7 rings (SSSR count). The number of hydrogen-bond donors (Lipinski definition) is 0. The summed E-state index contributed by atoms with van der Waals surface area (Å²) in [6.45, 7) is 4.63. The fourth-order valence-electron chi connectivity index (χ4n) is 6.47. The lowest BCUT2D eigenvalue weighted by molar-refractivity contribution is 1.52. The summed E-state index contributed by atoms with van der Waals surface area (Å²) in [5.74, 6) is 0. The van der Waals surface area contributed by atoms with Gasteiger partial charge in [0.05, 0.1) is 0 Å². The molecule has 0 aromatic heterocycles. The lowest BCUT2D eigenvalue weighted by atomic mass is 9.34. The zero-order valence-corrected chi connectivity index (χ0v) is 22.4. The highest BCUT2D eigenvalue weighted by Crippen LogP contribution is 2.29. The normalized spacial score (nSPS) is 11.3. The first-order valence-electron chi connectivity index (χ1n) is 13.7. The molecule has 0 radical (unpaired) electrons. The standard InChI is InChI=1S/C38H29B/c1-26-20-22-29-14-6-8-16-32(29)37(26)39(38-27(2)21-23-30-15-7-9-17-33(30)38)36-25-24-31(28-12-4-3-5-13-28)34-18-10-11-19-35(34)36/h3-25H,1-2H3. The number of hydrogen-bond acceptors (Lipinski definition) is 0. The molecule has 7 aromatic carbocycles. The van der Waals surface area contributed by atoms with E-state index in [0.717, 1.165) is 0 Å². The summed E-state index contributed by atoms with van der Waals surface area (Å²) in [6, 6.07) is 51.2. The molecule has 39 heavy (non-hydrogen) atoms. The first-order chi connectivity index (χ1) is 19.2. The zero-order valence-electron chi connectivity index (χ0n) is 22.4. The van der Waals surface area contributed by atoms with E-state index in [1.165, 1.54) is 71.0 Å². The Morgan fingerprint density at radius 2 is 0.872 bits per heavy atom. The molecule has 1 heteroatoms. The molecule has 0 saturated carbocycles. The lowest BCUT2D eigenvalue weighted by Crippen LogP contribution is -2.54. The largest absolute Gasteiger partial charge is 0.244 e. The van der Waals surface area contributed by atoms with Crippen LogP contribution in [0.25, 0.3) is 43.4 Å². The summed E-state index contributed by atoms with van der Waals surface area (Å²) in [5, 5.41) is 7.82. The van der Waals surface area contributed by atoms with Crippen molar-refractivity contribution in [1.29, 1.82) is 0 Å². The van der Waals surface area contributed by atoms with Crippen molar-refractivity contribution in [2.24, 2.45) is 0 Å². The Labute approximate surface area is 230 Å². The minimum atomic E-state index is 0.0805. The van der Waals surface area contributed by atoms with Crippen molar-refractivity contribution in [1.82, 2.24) is 0 Å². The van der Waals surface area contributed by atoms with Gasteiger partial charge in [-0.1, -0.05) is 167 Å². The maximum atomic E-state index is 2.39. The van der Waals surface area contributed by atoms with Crippen molar-refractivity contribution in [3.63, 3.8) is 0 Å². The summed E-state index contributed by atoms with van der Waals surface area (Å²) < 4.78 is 0. The van der Waals surface area contributed by atoms with Gasteiger partial charge >= 0.3 is 0 Å². The van der Waals surface area contributed by atoms with Crippen molar-refractivity contribution in [2.45, 2.75) is 13.8 Å². The quantitative estimate of drug-likeness (QED) is 0.217. The Morgan fingerprint density at radius 1 is 0.385 bits per heavy atom. The van der Waals surface area contributed by atoms with Crippen molar-refractivity contribution in [3.05, 3.63) is 151 Å². The van der Waals surface area contributed by atoms with Crippen LogP contribution in [0.4, 0.5) is 0 Å². The minimum Gasteiger partial charge on any atom is -0.0657 e. The highest BCUT2D eigenvalue weighted by atomic mass is 14.1. The van der Waals surface area contributed by atoms with Crippen LogP contribution in [0.15, 0.2) is 140 Å². The average Bonchev–Trinajstić information content (AvgIpc) is 2.99. The molecule has 0 amide bonds. The van der Waals surface area contributed by atoms with Gasteiger partial charge in [0.15, 0.2) is 0 Å². The van der Waals surface area contributed by atoms with Crippen LogP contribution in [0.2, 0.25) is 0 Å². The fraction of sp³-hybridized carbons (Fsp3) is 0.0526. The van der Waals surface area contributed by atoms with Crippen LogP contribution in [-0.4, -0.2) is 6.71 Å². The Kier molecular flexibility index (Phi) is 5.79. The number of rotatable bonds is 4. The summed E-state index contributed by atoms with van der Waals surface area (Å²) in [4.78, 5) is 0. The molecule has 184 valence electrons. The van der Waals surface area contributed by atoms with E-state index in [1.807, 2.05) is 0 Å². The van der Waals surface area contributed by atoms with Crippen LogP contribution in [0.3, 0.4) is 0 Å². The lowest BCUT2D eigenvalue weighted by Gasteiger charge is -2.25. The molecule has 0 fully saturated rings. The summed E-state index contributed by atoms with van der Waals surface area (Å²) >= 11 is 0. The predicted octanol–water partition coefficient (Wildman–Crippen LogP) is 7.95. The van der Waals surface area contributed by atoms with Gasteiger partial charge < -0.3 is 0 Å². The molecule has 0 aliphatic rings. The van der Waals surface area contributed by atoms with Crippen molar-refractivity contribution in [2.75, 3.05) is 0 Å². The van der Waals surface area contributed by atoms with Gasteiger partial charge in [-0.3, -0.25) is 0 Å². The van der Waals surface area contributed by atoms with Crippen LogP contribution >= 0.6 is 0 Å². The minimum absolute atomic E-state index is 0.0805. The molecule has 0 unspecified atom stereocenters. The highest BCUT2D eigenvalue weighted by Gasteiger charge is 2.30. The molecule has 0 spiro atoms. The van der Waals surface area contributed by atoms with Crippen LogP contribution in [-0.2, 0) is 0 Å². The van der Waals surface area contributed by atoms with E-state index in [-0.39, 0.29) is 6.71 Å². The average molecular weight is 496 g/mol. The number of fused-ring (bicyclic) bond motifs is 3. The van der Waals surface area contributed by atoms with E-state index in [2.05, 4.69) is 153 Å². The third-order valence-corrected chi connectivity index (χ3v) is 8.31. The molecule has 7 aromatic rings. The SMILES string of the molecule is Cc1ccc2ccccc2c1B(c1c(C)ccc2ccccc12)c1ccc(-c2ccccc2)c2ccccc12. The smallest absolute Gasteiger partial charge is 0.0657 e. The third kappa shape index (κ3) is 3.94. The maximum Gasteiger partial charge on any atom is 0.244 e. The fourth-order valence-corrected chi connectivity index (χ4v) is 6.47. The van der Waals surface area contributed by atoms with Crippen molar-refractivity contribution < 1.29 is 0 Å².